The molecule has 1 aliphatic heterocycles. The van der Waals surface area contributed by atoms with Crippen LogP contribution in [0.4, 0.5) is 13.2 Å². The van der Waals surface area contributed by atoms with Gasteiger partial charge in [-0.2, -0.15) is 13.2 Å². The fourth-order valence-corrected chi connectivity index (χ4v) is 1.27. The van der Waals surface area contributed by atoms with E-state index in [9.17, 15) is 13.2 Å². The molecule has 1 heterocycles. The van der Waals surface area contributed by atoms with Crippen LogP contribution in [0.15, 0.2) is 23.9 Å². The molecule has 0 fully saturated rings. The number of alkyl halides is 3. The van der Waals surface area contributed by atoms with E-state index in [1.807, 2.05) is 0 Å². The van der Waals surface area contributed by atoms with Gasteiger partial charge in [0.15, 0.2) is 0 Å². The van der Waals surface area contributed by atoms with E-state index in [2.05, 4.69) is 37.1 Å². The summed E-state index contributed by atoms with van der Waals surface area (Å²) in [5, 5.41) is 0. The van der Waals surface area contributed by atoms with Gasteiger partial charge in [-0.3, -0.25) is 0 Å². The lowest BCUT2D eigenvalue weighted by Gasteiger charge is -2.22. The Balaban J connectivity index is 0.000000423. The third kappa shape index (κ3) is 9.38. The Labute approximate surface area is 89.3 Å². The highest BCUT2D eigenvalue weighted by molar-refractivity contribution is 5.16. The minimum atomic E-state index is -3.67. The van der Waals surface area contributed by atoms with Crippen LogP contribution in [0.5, 0.6) is 0 Å². The molecule has 0 saturated heterocycles. The summed E-state index contributed by atoms with van der Waals surface area (Å²) >= 11 is 0. The Kier molecular flexibility index (Phi) is 7.86. The van der Waals surface area contributed by atoms with Gasteiger partial charge in [0.05, 0.1) is 0 Å². The molecule has 88 valence electrons. The van der Waals surface area contributed by atoms with Gasteiger partial charge >= 0.3 is 6.68 Å². The lowest BCUT2D eigenvalue weighted by molar-refractivity contribution is 0.00819. The van der Waals surface area contributed by atoms with E-state index >= 15 is 0 Å². The molecule has 0 radical (unpaired) electrons. The lowest BCUT2D eigenvalue weighted by Crippen LogP contribution is -2.22. The maximum absolute atomic E-state index is 9.67. The van der Waals surface area contributed by atoms with Crippen LogP contribution in [0.2, 0.25) is 0 Å². The summed E-state index contributed by atoms with van der Waals surface area (Å²) < 4.78 is 29.0. The Morgan fingerprint density at radius 3 is 2.47 bits per heavy atom. The maximum atomic E-state index is 9.67. The van der Waals surface area contributed by atoms with Crippen molar-refractivity contribution in [2.45, 2.75) is 33.4 Å². The van der Waals surface area contributed by atoms with Crippen molar-refractivity contribution >= 4 is 0 Å². The third-order valence-corrected chi connectivity index (χ3v) is 1.93. The van der Waals surface area contributed by atoms with E-state index in [1.54, 1.807) is 0 Å². The monoisotopic (exact) mass is 221 g/mol. The normalized spacial score (nSPS) is 14.8. The van der Waals surface area contributed by atoms with Gasteiger partial charge in [-0.05, 0) is 25.6 Å². The van der Waals surface area contributed by atoms with Crippen molar-refractivity contribution in [3.05, 3.63) is 23.9 Å². The molecule has 0 saturated carbocycles. The van der Waals surface area contributed by atoms with Crippen LogP contribution in [0.25, 0.3) is 0 Å². The minimum Gasteiger partial charge on any atom is -0.373 e. The first kappa shape index (κ1) is 14.1. The van der Waals surface area contributed by atoms with Gasteiger partial charge in [0.25, 0.3) is 0 Å². The van der Waals surface area contributed by atoms with Crippen LogP contribution in [0.1, 0.15) is 26.7 Å². The van der Waals surface area contributed by atoms with Crippen LogP contribution < -0.4 is 0 Å². The van der Waals surface area contributed by atoms with Gasteiger partial charge in [0.2, 0.25) is 0 Å². The van der Waals surface area contributed by atoms with Gasteiger partial charge < -0.3 is 4.90 Å². The van der Waals surface area contributed by atoms with Gasteiger partial charge in [0, 0.05) is 13.1 Å². The van der Waals surface area contributed by atoms with Crippen molar-refractivity contribution in [3.8, 4) is 0 Å². The Hall–Kier alpha value is -0.930. The quantitative estimate of drug-likeness (QED) is 0.701. The van der Waals surface area contributed by atoms with Crippen LogP contribution in [-0.2, 0) is 0 Å². The Morgan fingerprint density at radius 2 is 2.00 bits per heavy atom. The van der Waals surface area contributed by atoms with Crippen molar-refractivity contribution < 1.29 is 13.2 Å². The molecule has 1 aliphatic rings. The van der Waals surface area contributed by atoms with Gasteiger partial charge in [-0.25, -0.2) is 0 Å². The summed E-state index contributed by atoms with van der Waals surface area (Å²) in [4.78, 5) is 2.37. The van der Waals surface area contributed by atoms with E-state index in [-0.39, 0.29) is 0 Å². The number of rotatable bonds is 3. The Bertz CT molecular complexity index is 209. The van der Waals surface area contributed by atoms with Gasteiger partial charge in [-0.15, -0.1) is 0 Å². The first-order valence-electron chi connectivity index (χ1n) is 5.06. The van der Waals surface area contributed by atoms with Crippen LogP contribution in [0.3, 0.4) is 0 Å². The molecule has 0 aromatic carbocycles. The fraction of sp³-hybridized carbons (Fsp3) is 0.636. The molecule has 0 bridgehead atoms. The molecule has 0 N–H and O–H groups in total. The number of hydrogen-bond donors (Lipinski definition) is 0. The number of nitrogens with zero attached hydrogens (tertiary/aromatic N) is 1. The molecular weight excluding hydrogens is 203 g/mol. The Morgan fingerprint density at radius 1 is 1.40 bits per heavy atom. The molecule has 15 heavy (non-hydrogen) atoms. The topological polar surface area (TPSA) is 3.24 Å². The lowest BCUT2D eigenvalue weighted by atomic mass is 10.2. The molecular formula is C11H18F3N. The fourth-order valence-electron chi connectivity index (χ4n) is 1.27. The van der Waals surface area contributed by atoms with E-state index in [4.69, 9.17) is 0 Å². The predicted molar refractivity (Wildman–Crippen MR) is 56.5 cm³/mol. The maximum Gasteiger partial charge on any atom is 0.379 e. The van der Waals surface area contributed by atoms with E-state index in [0.29, 0.717) is 0 Å². The van der Waals surface area contributed by atoms with Crippen molar-refractivity contribution in [2.75, 3.05) is 13.1 Å². The average Bonchev–Trinajstić information content (AvgIpc) is 2.14. The first-order chi connectivity index (χ1) is 7.06. The highest BCUT2D eigenvalue weighted by atomic mass is 19.4. The van der Waals surface area contributed by atoms with Crippen molar-refractivity contribution in [1.29, 1.82) is 0 Å². The molecule has 0 aromatic rings. The molecule has 0 aromatic heterocycles. The summed E-state index contributed by atoms with van der Waals surface area (Å²) in [6.45, 7) is 3.08. The second-order valence-corrected chi connectivity index (χ2v) is 3.43. The number of halogens is 3. The second-order valence-electron chi connectivity index (χ2n) is 3.43. The van der Waals surface area contributed by atoms with E-state index in [0.717, 1.165) is 6.54 Å². The molecule has 0 atom stereocenters. The summed E-state index contributed by atoms with van der Waals surface area (Å²) in [6.07, 6.45) is 9.09. The SMILES string of the molecule is CCCCN1C=CC=C(C)C1.FC(F)F. The molecule has 0 aliphatic carbocycles. The molecule has 1 rings (SSSR count). The van der Waals surface area contributed by atoms with E-state index < -0.39 is 6.68 Å². The largest absolute Gasteiger partial charge is 0.379 e. The number of hydrogen-bond acceptors (Lipinski definition) is 1. The summed E-state index contributed by atoms with van der Waals surface area (Å²) in [7, 11) is 0. The van der Waals surface area contributed by atoms with Gasteiger partial charge in [0.1, 0.15) is 0 Å². The van der Waals surface area contributed by atoms with Crippen LogP contribution in [-0.4, -0.2) is 24.7 Å². The van der Waals surface area contributed by atoms with Crippen molar-refractivity contribution in [1.82, 2.24) is 4.90 Å². The summed E-state index contributed by atoms with van der Waals surface area (Å²) in [5.41, 5.74) is 1.46. The highest BCUT2D eigenvalue weighted by Crippen LogP contribution is 2.06. The first-order valence-corrected chi connectivity index (χ1v) is 5.06. The smallest absolute Gasteiger partial charge is 0.373 e. The van der Waals surface area contributed by atoms with Crippen LogP contribution >= 0.6 is 0 Å². The highest BCUT2D eigenvalue weighted by Gasteiger charge is 2.01. The zero-order chi connectivity index (χ0) is 11.7. The van der Waals surface area contributed by atoms with Crippen molar-refractivity contribution in [3.63, 3.8) is 0 Å². The van der Waals surface area contributed by atoms with Gasteiger partial charge in [-0.1, -0.05) is 25.0 Å². The predicted octanol–water partition coefficient (Wildman–Crippen LogP) is 3.74. The average molecular weight is 221 g/mol. The number of allylic oxidation sites excluding steroid dienone is 2. The minimum absolute atomic E-state index is 1.12. The standard InChI is InChI=1S/C10H17N.CHF3/c1-3-4-7-11-8-5-6-10(2)9-11;2-1(3)4/h5-6,8H,3-4,7,9H2,1-2H3;1H. The molecule has 0 spiro atoms. The zero-order valence-electron chi connectivity index (χ0n) is 9.22. The molecule has 4 heteroatoms. The third-order valence-electron chi connectivity index (χ3n) is 1.93. The zero-order valence-corrected chi connectivity index (χ0v) is 9.22. The summed E-state index contributed by atoms with van der Waals surface area (Å²) in [5.74, 6) is 0. The molecule has 0 amide bonds. The van der Waals surface area contributed by atoms with Crippen molar-refractivity contribution in [2.24, 2.45) is 0 Å². The second kappa shape index (κ2) is 8.38. The van der Waals surface area contributed by atoms with Crippen LogP contribution in [0, 0.1) is 0 Å². The number of unbranched alkanes of at least 4 members (excludes halogenated alkanes) is 1. The van der Waals surface area contributed by atoms with E-state index in [1.165, 1.54) is 25.0 Å². The summed E-state index contributed by atoms with van der Waals surface area (Å²) in [6, 6.07) is 0. The molecule has 1 nitrogen and oxygen atoms in total. The molecule has 0 unspecified atom stereocenters.